The van der Waals surface area contributed by atoms with Crippen molar-refractivity contribution in [3.63, 3.8) is 0 Å². The summed E-state index contributed by atoms with van der Waals surface area (Å²) < 4.78 is 13.7. The van der Waals surface area contributed by atoms with Crippen LogP contribution in [0.4, 0.5) is 21.2 Å². The summed E-state index contributed by atoms with van der Waals surface area (Å²) in [5.41, 5.74) is 0.901. The van der Waals surface area contributed by atoms with Crippen LogP contribution in [0.5, 0.6) is 0 Å². The Morgan fingerprint density at radius 2 is 1.13 bits per heavy atom. The summed E-state index contributed by atoms with van der Waals surface area (Å²) in [7, 11) is 0. The first-order chi connectivity index (χ1) is 31.8. The maximum Gasteiger partial charge on any atom is 0.320 e. The van der Waals surface area contributed by atoms with Gasteiger partial charge >= 0.3 is 18.0 Å². The van der Waals surface area contributed by atoms with Crippen LogP contribution in [-0.2, 0) is 27.4 Å². The monoisotopic (exact) mass is 1000 g/mol. The Bertz CT molecular complexity index is 2240. The zero-order valence-corrected chi connectivity index (χ0v) is 42.6. The fraction of sp³-hybridized carbons (Fsp3) is 0.609. The zero-order valence-electron chi connectivity index (χ0n) is 39.4. The molecule has 0 aromatic carbocycles. The van der Waals surface area contributed by atoms with Gasteiger partial charge in [0.2, 0.25) is 0 Å². The number of amides is 4. The van der Waals surface area contributed by atoms with E-state index in [4.69, 9.17) is 42.9 Å². The Labute approximate surface area is 411 Å². The van der Waals surface area contributed by atoms with E-state index < -0.39 is 16.8 Å². The van der Waals surface area contributed by atoms with Gasteiger partial charge in [-0.25, -0.2) is 9.59 Å². The van der Waals surface area contributed by atoms with E-state index in [1.165, 1.54) is 20.9 Å². The lowest BCUT2D eigenvalue weighted by molar-refractivity contribution is -0.145. The number of carbonyl (C=O) groups is 4. The number of halogens is 2. The van der Waals surface area contributed by atoms with Crippen molar-refractivity contribution in [2.45, 2.75) is 92.2 Å². The maximum absolute atomic E-state index is 13.1. The molecule has 0 spiro atoms. The van der Waals surface area contributed by atoms with Crippen LogP contribution in [0.25, 0.3) is 0 Å². The van der Waals surface area contributed by atoms with Gasteiger partial charge in [-0.3, -0.25) is 14.7 Å². The second kappa shape index (κ2) is 23.7. The number of piperidine rings is 2. The number of carboxylic acids is 1. The SMILES string of the molecule is CC(C)(C)C(=O)O.CC(C)(C)C(=O)n1nc(C2CCN(C(=O)N3CCOCC3)CC2)cc1NCc1ccc(Cl)s1.O=C(N1CCOCC1)N1CCC(c2cc(NCc3ccc(Cl)s3)n[nH]2)CC1. The Morgan fingerprint density at radius 1 is 0.687 bits per heavy atom. The number of nitrogens with one attached hydrogen (secondary N) is 3. The molecular weight excluding hydrogens is 940 g/mol. The van der Waals surface area contributed by atoms with Crippen LogP contribution in [0.1, 0.15) is 105 Å². The van der Waals surface area contributed by atoms with Crippen molar-refractivity contribution in [1.29, 1.82) is 0 Å². The van der Waals surface area contributed by atoms with Crippen molar-refractivity contribution in [2.75, 3.05) is 89.4 Å². The maximum atomic E-state index is 13.1. The number of ether oxygens (including phenoxy) is 2. The van der Waals surface area contributed by atoms with Gasteiger partial charge in [0.05, 0.1) is 59.3 Å². The number of aliphatic carboxylic acids is 1. The highest BCUT2D eigenvalue weighted by molar-refractivity contribution is 7.16. The molecule has 8 rings (SSSR count). The molecule has 4 aromatic rings. The molecule has 0 radical (unpaired) electrons. The van der Waals surface area contributed by atoms with Gasteiger partial charge in [0.1, 0.15) is 11.6 Å². The average Bonchev–Trinajstić information content (AvgIpc) is 4.15. The smallest absolute Gasteiger partial charge is 0.320 e. The number of aromatic nitrogens is 4. The van der Waals surface area contributed by atoms with E-state index in [-0.39, 0.29) is 23.9 Å². The standard InChI is InChI=1S/C23H32ClN5O3S.C18H24ClN5O2S.C5H10O2/c1-23(2,3)21(30)29-20(25-15-17-4-5-19(24)33-17)14-18(26-29)16-6-8-27(9-7-16)22(31)28-10-12-32-13-11-28;19-16-2-1-14(27-16)12-20-17-11-15(21-22-17)13-3-5-23(6-4-13)18(25)24-7-9-26-10-8-24;1-5(2,3)4(6)7/h4-5,14,16,25H,6-13,15H2,1-3H3;1-2,11,13H,3-10,12H2,(H2,20,21,22);1-3H3,(H,6,7). The lowest BCUT2D eigenvalue weighted by atomic mass is 9.94. The van der Waals surface area contributed by atoms with Gasteiger partial charge in [0.25, 0.3) is 5.91 Å². The van der Waals surface area contributed by atoms with Crippen LogP contribution in [0.15, 0.2) is 36.4 Å². The molecule has 4 aliphatic heterocycles. The number of carboxylic acid groups (broad SMARTS) is 1. The number of hydrogen-bond acceptors (Lipinski definition) is 12. The zero-order chi connectivity index (χ0) is 48.3. The van der Waals surface area contributed by atoms with E-state index in [2.05, 4.69) is 26.9 Å². The van der Waals surface area contributed by atoms with Crippen LogP contribution >= 0.6 is 45.9 Å². The van der Waals surface area contributed by atoms with Crippen molar-refractivity contribution < 1.29 is 33.8 Å². The van der Waals surface area contributed by atoms with Gasteiger partial charge in [-0.1, -0.05) is 44.0 Å². The molecule has 0 bridgehead atoms. The topological polar surface area (TPSA) is 190 Å². The Morgan fingerprint density at radius 3 is 1.57 bits per heavy atom. The quantitative estimate of drug-likeness (QED) is 0.132. The van der Waals surface area contributed by atoms with Crippen LogP contribution in [0, 0.1) is 10.8 Å². The first-order valence-electron chi connectivity index (χ1n) is 23.0. The number of likely N-dealkylation sites (tertiary alicyclic amines) is 2. The second-order valence-corrected chi connectivity index (χ2v) is 22.7. The summed E-state index contributed by atoms with van der Waals surface area (Å²) in [4.78, 5) is 58.4. The molecule has 4 saturated heterocycles. The first kappa shape index (κ1) is 52.0. The molecule has 368 valence electrons. The number of carbonyl (C=O) groups excluding carboxylic acids is 3. The molecule has 21 heteroatoms. The van der Waals surface area contributed by atoms with Crippen molar-refractivity contribution >= 4 is 81.4 Å². The normalized spacial score (nSPS) is 17.6. The molecule has 8 heterocycles. The molecule has 0 saturated carbocycles. The number of rotatable bonds is 8. The van der Waals surface area contributed by atoms with Gasteiger partial charge in [0.15, 0.2) is 0 Å². The minimum absolute atomic E-state index is 0.0552. The number of hydrogen-bond donors (Lipinski definition) is 4. The summed E-state index contributed by atoms with van der Waals surface area (Å²) in [5, 5.41) is 27.2. The van der Waals surface area contributed by atoms with E-state index in [1.807, 2.05) is 70.7 Å². The number of aromatic amines is 1. The molecule has 0 unspecified atom stereocenters. The van der Waals surface area contributed by atoms with E-state index >= 15 is 0 Å². The molecular formula is C46H66Cl2N10O7S2. The van der Waals surface area contributed by atoms with E-state index in [9.17, 15) is 19.2 Å². The summed E-state index contributed by atoms with van der Waals surface area (Å²) in [6, 6.07) is 12.1. The van der Waals surface area contributed by atoms with Gasteiger partial charge in [-0.15, -0.1) is 22.7 Å². The van der Waals surface area contributed by atoms with Gasteiger partial charge in [0, 0.05) is 97.2 Å². The van der Waals surface area contributed by atoms with Crippen molar-refractivity contribution in [2.24, 2.45) is 10.8 Å². The predicted molar refractivity (Wildman–Crippen MR) is 264 cm³/mol. The third-order valence-electron chi connectivity index (χ3n) is 11.9. The highest BCUT2D eigenvalue weighted by Crippen LogP contribution is 2.33. The molecule has 4 amide bonds. The van der Waals surface area contributed by atoms with E-state index in [1.54, 1.807) is 32.1 Å². The fourth-order valence-corrected chi connectivity index (χ4v) is 9.79. The van der Waals surface area contributed by atoms with Gasteiger partial charge in [-0.2, -0.15) is 14.9 Å². The van der Waals surface area contributed by atoms with Crippen molar-refractivity contribution in [3.05, 3.63) is 66.2 Å². The minimum atomic E-state index is -0.757. The van der Waals surface area contributed by atoms with Gasteiger partial charge < -0.3 is 44.8 Å². The Hall–Kier alpha value is -4.40. The fourth-order valence-electron chi connectivity index (χ4n) is 7.74. The lowest BCUT2D eigenvalue weighted by Crippen LogP contribution is -2.50. The third kappa shape index (κ3) is 15.0. The second-order valence-electron chi connectivity index (χ2n) is 19.1. The van der Waals surface area contributed by atoms with Crippen molar-refractivity contribution in [1.82, 2.24) is 39.6 Å². The molecule has 4 aliphatic rings. The van der Waals surface area contributed by atoms with Crippen LogP contribution in [0.3, 0.4) is 0 Å². The van der Waals surface area contributed by atoms with E-state index in [0.29, 0.717) is 90.5 Å². The molecule has 4 fully saturated rings. The minimum Gasteiger partial charge on any atom is -0.481 e. The molecule has 17 nitrogen and oxygen atoms in total. The van der Waals surface area contributed by atoms with Crippen LogP contribution in [-0.4, -0.2) is 147 Å². The largest absolute Gasteiger partial charge is 0.481 e. The predicted octanol–water partition coefficient (Wildman–Crippen LogP) is 9.01. The highest BCUT2D eigenvalue weighted by atomic mass is 35.5. The number of urea groups is 2. The summed E-state index contributed by atoms with van der Waals surface area (Å²) in [6.07, 6.45) is 3.57. The molecule has 4 aromatic heterocycles. The molecule has 0 atom stereocenters. The lowest BCUT2D eigenvalue weighted by Gasteiger charge is -2.36. The molecule has 4 N–H and O–H groups in total. The molecule has 0 aliphatic carbocycles. The van der Waals surface area contributed by atoms with Crippen molar-refractivity contribution in [3.8, 4) is 0 Å². The Kier molecular flexibility index (Phi) is 18.4. The Balaban J connectivity index is 0.000000196. The summed E-state index contributed by atoms with van der Waals surface area (Å²) >= 11 is 15.1. The highest BCUT2D eigenvalue weighted by Gasteiger charge is 2.33. The summed E-state index contributed by atoms with van der Waals surface area (Å²) in [5.74, 6) is 1.36. The van der Waals surface area contributed by atoms with Crippen LogP contribution < -0.4 is 10.6 Å². The van der Waals surface area contributed by atoms with E-state index in [0.717, 1.165) is 69.5 Å². The van der Waals surface area contributed by atoms with Gasteiger partial charge in [-0.05, 0) is 70.7 Å². The van der Waals surface area contributed by atoms with Crippen LogP contribution in [0.2, 0.25) is 8.67 Å². The number of anilines is 2. The number of H-pyrrole nitrogens is 1. The number of morpholine rings is 2. The number of thiophene rings is 2. The average molecular weight is 1010 g/mol. The first-order valence-corrected chi connectivity index (χ1v) is 25.4. The third-order valence-corrected chi connectivity index (χ3v) is 14.4. The summed E-state index contributed by atoms with van der Waals surface area (Å²) in [6.45, 7) is 20.1. The molecule has 67 heavy (non-hydrogen) atoms. The number of nitrogens with zero attached hydrogens (tertiary/aromatic N) is 7.